The van der Waals surface area contributed by atoms with Crippen LogP contribution in [0.5, 0.6) is 0 Å². The lowest BCUT2D eigenvalue weighted by Gasteiger charge is -2.34. The van der Waals surface area contributed by atoms with Crippen molar-refractivity contribution in [1.29, 1.82) is 0 Å². The highest BCUT2D eigenvalue weighted by molar-refractivity contribution is 5.90. The van der Waals surface area contributed by atoms with Crippen molar-refractivity contribution < 1.29 is 14.7 Å². The molecule has 1 aliphatic heterocycles. The SMILES string of the molecule is CNC(=O)[C@H]1CC(O)CN1C(=O)C(n1cc(Cn2nc(C)c(C)c2C)nn1)C(C)(C)C. The summed E-state index contributed by atoms with van der Waals surface area (Å²) in [6, 6.07) is -1.37. The number of nitrogens with one attached hydrogen (secondary N) is 1. The first-order valence-electron chi connectivity index (χ1n) is 10.6. The molecule has 3 atom stereocenters. The third-order valence-corrected chi connectivity index (χ3v) is 6.04. The van der Waals surface area contributed by atoms with Gasteiger partial charge in [-0.3, -0.25) is 14.3 Å². The number of aliphatic hydroxyl groups excluding tert-OH is 1. The first kappa shape index (κ1) is 22.9. The number of nitrogens with zero attached hydrogens (tertiary/aromatic N) is 6. The molecule has 1 aliphatic rings. The number of likely N-dealkylation sites (tertiary alicyclic amines) is 1. The summed E-state index contributed by atoms with van der Waals surface area (Å²) in [7, 11) is 1.53. The van der Waals surface area contributed by atoms with E-state index in [1.54, 1.807) is 10.9 Å². The molecule has 0 saturated carbocycles. The van der Waals surface area contributed by atoms with Gasteiger partial charge in [0.15, 0.2) is 0 Å². The predicted octanol–water partition coefficient (Wildman–Crippen LogP) is 0.743. The van der Waals surface area contributed by atoms with Gasteiger partial charge >= 0.3 is 0 Å². The van der Waals surface area contributed by atoms with E-state index < -0.39 is 23.6 Å². The maximum Gasteiger partial charge on any atom is 0.248 e. The average molecular weight is 432 g/mol. The van der Waals surface area contributed by atoms with Crippen LogP contribution in [-0.4, -0.2) is 72.3 Å². The number of β-amino-alcohol motifs (C(OH)–C–C–N with tert-alkyl or cyclic N) is 1. The minimum atomic E-state index is -0.729. The summed E-state index contributed by atoms with van der Waals surface area (Å²) in [6.45, 7) is 12.4. The molecule has 0 radical (unpaired) electrons. The Labute approximate surface area is 182 Å². The maximum atomic E-state index is 13.6. The van der Waals surface area contributed by atoms with Crippen LogP contribution in [0.1, 0.15) is 55.9 Å². The quantitative estimate of drug-likeness (QED) is 0.721. The van der Waals surface area contributed by atoms with Crippen LogP contribution in [-0.2, 0) is 16.1 Å². The van der Waals surface area contributed by atoms with Crippen molar-refractivity contribution in [1.82, 2.24) is 35.0 Å². The summed E-state index contributed by atoms with van der Waals surface area (Å²) < 4.78 is 3.45. The number of carbonyl (C=O) groups excluding carboxylic acids is 2. The molecule has 2 N–H and O–H groups in total. The molecular weight excluding hydrogens is 398 g/mol. The van der Waals surface area contributed by atoms with E-state index in [1.165, 1.54) is 11.9 Å². The zero-order valence-electron chi connectivity index (χ0n) is 19.4. The van der Waals surface area contributed by atoms with E-state index in [0.717, 1.165) is 17.0 Å². The number of aromatic nitrogens is 5. The largest absolute Gasteiger partial charge is 0.391 e. The number of likely N-dealkylation sites (N-methyl/N-ethyl adjacent to an activating group) is 1. The van der Waals surface area contributed by atoms with Crippen molar-refractivity contribution in [2.24, 2.45) is 5.41 Å². The number of amides is 2. The number of hydrogen-bond acceptors (Lipinski definition) is 6. The molecule has 0 aromatic carbocycles. The highest BCUT2D eigenvalue weighted by Crippen LogP contribution is 2.34. The van der Waals surface area contributed by atoms with E-state index >= 15 is 0 Å². The van der Waals surface area contributed by atoms with Crippen LogP contribution in [0.25, 0.3) is 0 Å². The molecule has 3 rings (SSSR count). The zero-order chi connectivity index (χ0) is 23.1. The van der Waals surface area contributed by atoms with Crippen LogP contribution in [0.3, 0.4) is 0 Å². The molecule has 10 nitrogen and oxygen atoms in total. The molecule has 2 aromatic heterocycles. The van der Waals surface area contributed by atoms with E-state index in [-0.39, 0.29) is 24.8 Å². The molecule has 31 heavy (non-hydrogen) atoms. The van der Waals surface area contributed by atoms with E-state index in [4.69, 9.17) is 0 Å². The standard InChI is InChI=1S/C21H33N7O3/c1-12-13(2)24-27(14(12)3)9-15-10-28(25-23-15)18(21(4,5)6)20(31)26-11-16(29)8-17(26)19(30)22-7/h10,16-18,29H,8-9,11H2,1-7H3,(H,22,30)/t16?,17-,18?/m1/s1. The molecular formula is C21H33N7O3. The predicted molar refractivity (Wildman–Crippen MR) is 114 cm³/mol. The molecule has 2 unspecified atom stereocenters. The first-order valence-corrected chi connectivity index (χ1v) is 10.6. The van der Waals surface area contributed by atoms with Crippen LogP contribution < -0.4 is 5.32 Å². The Kier molecular flexibility index (Phi) is 6.22. The van der Waals surface area contributed by atoms with Gasteiger partial charge in [0.1, 0.15) is 17.8 Å². The minimum Gasteiger partial charge on any atom is -0.391 e. The lowest BCUT2D eigenvalue weighted by atomic mass is 9.85. The molecule has 0 bridgehead atoms. The summed E-state index contributed by atoms with van der Waals surface area (Å²) in [4.78, 5) is 27.3. The van der Waals surface area contributed by atoms with Crippen molar-refractivity contribution in [3.63, 3.8) is 0 Å². The fourth-order valence-electron chi connectivity index (χ4n) is 4.12. The molecule has 0 aliphatic carbocycles. The Hall–Kier alpha value is -2.75. The molecule has 1 fully saturated rings. The van der Waals surface area contributed by atoms with Gasteiger partial charge in [0.05, 0.1) is 24.5 Å². The van der Waals surface area contributed by atoms with Gasteiger partial charge in [-0.05, 0) is 31.7 Å². The van der Waals surface area contributed by atoms with Crippen LogP contribution >= 0.6 is 0 Å². The number of rotatable bonds is 5. The van der Waals surface area contributed by atoms with Gasteiger partial charge in [0, 0.05) is 25.7 Å². The van der Waals surface area contributed by atoms with Gasteiger partial charge in [-0.25, -0.2) is 4.68 Å². The average Bonchev–Trinajstić information content (AvgIpc) is 3.36. The van der Waals surface area contributed by atoms with Crippen molar-refractivity contribution in [2.45, 2.75) is 72.7 Å². The van der Waals surface area contributed by atoms with E-state index in [1.807, 2.05) is 46.2 Å². The fraction of sp³-hybridized carbons (Fsp3) is 0.667. The topological polar surface area (TPSA) is 118 Å². The molecule has 3 heterocycles. The Morgan fingerprint density at radius 3 is 2.52 bits per heavy atom. The van der Waals surface area contributed by atoms with Gasteiger partial charge in [-0.2, -0.15) is 5.10 Å². The number of carbonyl (C=O) groups is 2. The van der Waals surface area contributed by atoms with Crippen molar-refractivity contribution in [2.75, 3.05) is 13.6 Å². The fourth-order valence-corrected chi connectivity index (χ4v) is 4.12. The molecule has 1 saturated heterocycles. The van der Waals surface area contributed by atoms with E-state index in [9.17, 15) is 14.7 Å². The zero-order valence-corrected chi connectivity index (χ0v) is 19.4. The Morgan fingerprint density at radius 2 is 1.97 bits per heavy atom. The van der Waals surface area contributed by atoms with Crippen LogP contribution in [0.15, 0.2) is 6.20 Å². The summed E-state index contributed by atoms with van der Waals surface area (Å²) in [5.74, 6) is -0.534. The van der Waals surface area contributed by atoms with Gasteiger partial charge < -0.3 is 15.3 Å². The smallest absolute Gasteiger partial charge is 0.248 e. The Morgan fingerprint density at radius 1 is 1.29 bits per heavy atom. The van der Waals surface area contributed by atoms with Crippen LogP contribution in [0, 0.1) is 26.2 Å². The van der Waals surface area contributed by atoms with Crippen molar-refractivity contribution in [3.05, 3.63) is 28.8 Å². The monoisotopic (exact) mass is 431 g/mol. The molecule has 10 heteroatoms. The highest BCUT2D eigenvalue weighted by atomic mass is 16.3. The normalized spacial score (nSPS) is 20.2. The van der Waals surface area contributed by atoms with Gasteiger partial charge in [-0.1, -0.05) is 26.0 Å². The maximum absolute atomic E-state index is 13.6. The lowest BCUT2D eigenvalue weighted by Crippen LogP contribution is -2.49. The number of aliphatic hydroxyl groups is 1. The van der Waals surface area contributed by atoms with Crippen molar-refractivity contribution in [3.8, 4) is 0 Å². The Bertz CT molecular complexity index is 972. The first-order chi connectivity index (χ1) is 14.4. The third kappa shape index (κ3) is 4.48. The summed E-state index contributed by atoms with van der Waals surface area (Å²) >= 11 is 0. The molecule has 170 valence electrons. The summed E-state index contributed by atoms with van der Waals surface area (Å²) in [6.07, 6.45) is 1.26. The van der Waals surface area contributed by atoms with Gasteiger partial charge in [-0.15, -0.1) is 5.10 Å². The van der Waals surface area contributed by atoms with Crippen LogP contribution in [0.4, 0.5) is 0 Å². The van der Waals surface area contributed by atoms with Crippen molar-refractivity contribution >= 4 is 11.8 Å². The second-order valence-corrected chi connectivity index (χ2v) is 9.42. The molecule has 0 spiro atoms. The summed E-state index contributed by atoms with van der Waals surface area (Å²) in [5, 5.41) is 25.8. The lowest BCUT2D eigenvalue weighted by molar-refractivity contribution is -0.144. The molecule has 2 aromatic rings. The van der Waals surface area contributed by atoms with E-state index in [0.29, 0.717) is 12.2 Å². The second kappa shape index (κ2) is 8.41. The highest BCUT2D eigenvalue weighted by Gasteiger charge is 2.45. The summed E-state index contributed by atoms with van der Waals surface area (Å²) in [5.41, 5.74) is 3.38. The van der Waals surface area contributed by atoms with Gasteiger partial charge in [0.2, 0.25) is 11.8 Å². The van der Waals surface area contributed by atoms with Gasteiger partial charge in [0.25, 0.3) is 0 Å². The van der Waals surface area contributed by atoms with E-state index in [2.05, 4.69) is 20.7 Å². The third-order valence-electron chi connectivity index (χ3n) is 6.04. The molecule has 2 amide bonds. The second-order valence-electron chi connectivity index (χ2n) is 9.42. The van der Waals surface area contributed by atoms with Crippen LogP contribution in [0.2, 0.25) is 0 Å². The minimum absolute atomic E-state index is 0.121. The number of hydrogen-bond donors (Lipinski definition) is 2. The Balaban J connectivity index is 1.89. The number of aryl methyl sites for hydroxylation is 1.